The summed E-state index contributed by atoms with van der Waals surface area (Å²) in [5, 5.41) is 2.73. The van der Waals surface area contributed by atoms with Crippen molar-refractivity contribution in [2.24, 2.45) is 0 Å². The lowest BCUT2D eigenvalue weighted by atomic mass is 10.2. The van der Waals surface area contributed by atoms with E-state index in [1.54, 1.807) is 0 Å². The third-order valence-corrected chi connectivity index (χ3v) is 2.60. The summed E-state index contributed by atoms with van der Waals surface area (Å²) >= 11 is 0. The number of carbonyl (C=O) groups is 2. The Labute approximate surface area is 108 Å². The van der Waals surface area contributed by atoms with Crippen molar-refractivity contribution in [3.8, 4) is 0 Å². The van der Waals surface area contributed by atoms with E-state index >= 15 is 0 Å². The van der Waals surface area contributed by atoms with Gasteiger partial charge in [-0.2, -0.15) is 0 Å². The number of carbonyl (C=O) groups excluding carboxylic acids is 2. The molecule has 0 bridgehead atoms. The van der Waals surface area contributed by atoms with Crippen LogP contribution in [0.15, 0.2) is 30.3 Å². The molecule has 0 heterocycles. The van der Waals surface area contributed by atoms with Crippen LogP contribution >= 0.6 is 0 Å². The maximum atomic E-state index is 11.2. The molecule has 0 aliphatic heterocycles. The first kappa shape index (κ1) is 14.2. The van der Waals surface area contributed by atoms with E-state index in [4.69, 9.17) is 0 Å². The van der Waals surface area contributed by atoms with Crippen molar-refractivity contribution in [3.63, 3.8) is 0 Å². The van der Waals surface area contributed by atoms with Crippen molar-refractivity contribution in [1.82, 2.24) is 5.32 Å². The second-order valence-corrected chi connectivity index (χ2v) is 4.34. The fraction of sp³-hybridized carbons (Fsp3) is 0.429. The number of anilines is 1. The summed E-state index contributed by atoms with van der Waals surface area (Å²) in [7, 11) is 2.02. The van der Waals surface area contributed by atoms with Crippen molar-refractivity contribution in [2.75, 3.05) is 25.0 Å². The van der Waals surface area contributed by atoms with Gasteiger partial charge in [-0.25, -0.2) is 0 Å². The molecule has 0 unspecified atom stereocenters. The predicted molar refractivity (Wildman–Crippen MR) is 72.6 cm³/mol. The number of Topliss-reactive ketones (excluding diaryl/α,β-unsaturated/α-hetero) is 1. The molecule has 1 amide bonds. The van der Waals surface area contributed by atoms with Crippen LogP contribution in [0.1, 0.15) is 19.8 Å². The van der Waals surface area contributed by atoms with Crippen molar-refractivity contribution >= 4 is 17.4 Å². The van der Waals surface area contributed by atoms with Gasteiger partial charge in [0.15, 0.2) is 0 Å². The largest absolute Gasteiger partial charge is 0.375 e. The van der Waals surface area contributed by atoms with Crippen molar-refractivity contribution in [2.45, 2.75) is 19.8 Å². The molecule has 0 fully saturated rings. The number of ketones is 1. The molecule has 4 heteroatoms. The van der Waals surface area contributed by atoms with E-state index in [1.165, 1.54) is 6.92 Å². The highest BCUT2D eigenvalue weighted by atomic mass is 16.2. The number of nitrogens with one attached hydrogen (secondary N) is 1. The minimum Gasteiger partial charge on any atom is -0.375 e. The number of para-hydroxylation sites is 1. The summed E-state index contributed by atoms with van der Waals surface area (Å²) in [6, 6.07) is 10.1. The zero-order valence-electron chi connectivity index (χ0n) is 11.0. The van der Waals surface area contributed by atoms with Crippen LogP contribution in [-0.4, -0.2) is 31.8 Å². The maximum absolute atomic E-state index is 11.2. The molecule has 0 saturated carbocycles. The van der Waals surface area contributed by atoms with Crippen LogP contribution in [0.25, 0.3) is 0 Å². The number of hydrogen-bond acceptors (Lipinski definition) is 3. The van der Waals surface area contributed by atoms with Gasteiger partial charge in [0.2, 0.25) is 5.91 Å². The molecule has 1 N–H and O–H groups in total. The molecule has 4 nitrogen and oxygen atoms in total. The quantitative estimate of drug-likeness (QED) is 0.589. The molecule has 0 saturated heterocycles. The second-order valence-electron chi connectivity index (χ2n) is 4.34. The van der Waals surface area contributed by atoms with Gasteiger partial charge < -0.3 is 10.2 Å². The zero-order chi connectivity index (χ0) is 13.4. The Morgan fingerprint density at radius 2 is 1.89 bits per heavy atom. The smallest absolute Gasteiger partial charge is 0.227 e. The number of rotatable bonds is 7. The topological polar surface area (TPSA) is 49.4 Å². The van der Waals surface area contributed by atoms with Crippen LogP contribution in [0.4, 0.5) is 5.69 Å². The lowest BCUT2D eigenvalue weighted by molar-refractivity contribution is -0.127. The van der Waals surface area contributed by atoms with Crippen LogP contribution in [-0.2, 0) is 9.59 Å². The van der Waals surface area contributed by atoms with Gasteiger partial charge in [0, 0.05) is 25.8 Å². The molecule has 0 radical (unpaired) electrons. The third-order valence-electron chi connectivity index (χ3n) is 2.60. The molecule has 0 spiro atoms. The Morgan fingerprint density at radius 1 is 1.22 bits per heavy atom. The van der Waals surface area contributed by atoms with Crippen LogP contribution in [0.5, 0.6) is 0 Å². The third kappa shape index (κ3) is 5.48. The summed E-state index contributed by atoms with van der Waals surface area (Å²) < 4.78 is 0. The fourth-order valence-corrected chi connectivity index (χ4v) is 1.64. The summed E-state index contributed by atoms with van der Waals surface area (Å²) in [5.41, 5.74) is 1.16. The number of nitrogens with zero attached hydrogens (tertiary/aromatic N) is 1. The van der Waals surface area contributed by atoms with E-state index < -0.39 is 0 Å². The predicted octanol–water partition coefficient (Wildman–Crippen LogP) is 1.61. The molecular weight excluding hydrogens is 228 g/mol. The lowest BCUT2D eigenvalue weighted by Gasteiger charge is -2.19. The second kappa shape index (κ2) is 7.48. The van der Waals surface area contributed by atoms with Gasteiger partial charge in [0.05, 0.1) is 6.42 Å². The van der Waals surface area contributed by atoms with Gasteiger partial charge in [-0.1, -0.05) is 18.2 Å². The van der Waals surface area contributed by atoms with E-state index in [0.717, 1.165) is 18.7 Å². The molecule has 98 valence electrons. The van der Waals surface area contributed by atoms with Crippen LogP contribution < -0.4 is 10.2 Å². The van der Waals surface area contributed by atoms with Crippen molar-refractivity contribution < 1.29 is 9.59 Å². The van der Waals surface area contributed by atoms with Gasteiger partial charge in [-0.15, -0.1) is 0 Å². The monoisotopic (exact) mass is 248 g/mol. The number of benzene rings is 1. The van der Waals surface area contributed by atoms with E-state index in [-0.39, 0.29) is 18.1 Å². The number of amides is 1. The van der Waals surface area contributed by atoms with E-state index in [9.17, 15) is 9.59 Å². The summed E-state index contributed by atoms with van der Waals surface area (Å²) in [5.74, 6) is -0.293. The SMILES string of the molecule is CC(=O)CC(=O)NCCCN(C)c1ccccc1. The maximum Gasteiger partial charge on any atom is 0.227 e. The first-order chi connectivity index (χ1) is 8.59. The van der Waals surface area contributed by atoms with Crippen LogP contribution in [0, 0.1) is 0 Å². The minimum atomic E-state index is -0.190. The fourth-order valence-electron chi connectivity index (χ4n) is 1.64. The molecule has 0 aromatic heterocycles. The van der Waals surface area contributed by atoms with Gasteiger partial charge in [0.25, 0.3) is 0 Å². The average molecular weight is 248 g/mol. The van der Waals surface area contributed by atoms with Crippen molar-refractivity contribution in [1.29, 1.82) is 0 Å². The highest BCUT2D eigenvalue weighted by molar-refractivity contribution is 5.96. The summed E-state index contributed by atoms with van der Waals surface area (Å²) in [6.07, 6.45) is 0.837. The van der Waals surface area contributed by atoms with E-state index in [1.807, 2.05) is 37.4 Å². The Morgan fingerprint density at radius 3 is 2.50 bits per heavy atom. The van der Waals surface area contributed by atoms with E-state index in [2.05, 4.69) is 10.2 Å². The standard InChI is InChI=1S/C14H20N2O2/c1-12(17)11-14(18)15-9-6-10-16(2)13-7-4-3-5-8-13/h3-5,7-8H,6,9-11H2,1-2H3,(H,15,18). The van der Waals surface area contributed by atoms with Gasteiger partial charge in [-0.3, -0.25) is 9.59 Å². The first-order valence-corrected chi connectivity index (χ1v) is 6.12. The normalized spacial score (nSPS) is 9.89. The molecule has 1 aromatic rings. The van der Waals surface area contributed by atoms with Gasteiger partial charge in [0.1, 0.15) is 5.78 Å². The Kier molecular flexibility index (Phi) is 5.91. The molecule has 0 aliphatic carbocycles. The molecule has 1 aromatic carbocycles. The highest BCUT2D eigenvalue weighted by Crippen LogP contribution is 2.10. The molecular formula is C14H20N2O2. The van der Waals surface area contributed by atoms with Crippen LogP contribution in [0.2, 0.25) is 0 Å². The summed E-state index contributed by atoms with van der Waals surface area (Å²) in [6.45, 7) is 2.89. The Balaban J connectivity index is 2.18. The lowest BCUT2D eigenvalue weighted by Crippen LogP contribution is -2.29. The molecule has 18 heavy (non-hydrogen) atoms. The number of hydrogen-bond donors (Lipinski definition) is 1. The minimum absolute atomic E-state index is 0.0193. The molecule has 0 atom stereocenters. The molecule has 0 aliphatic rings. The summed E-state index contributed by atoms with van der Waals surface area (Å²) in [4.78, 5) is 24.1. The zero-order valence-corrected chi connectivity index (χ0v) is 11.0. The Bertz CT molecular complexity index is 390. The highest BCUT2D eigenvalue weighted by Gasteiger charge is 2.04. The van der Waals surface area contributed by atoms with Crippen molar-refractivity contribution in [3.05, 3.63) is 30.3 Å². The average Bonchev–Trinajstić information content (AvgIpc) is 2.34. The van der Waals surface area contributed by atoms with Gasteiger partial charge >= 0.3 is 0 Å². The molecule has 1 rings (SSSR count). The van der Waals surface area contributed by atoms with E-state index in [0.29, 0.717) is 6.54 Å². The first-order valence-electron chi connectivity index (χ1n) is 6.12. The van der Waals surface area contributed by atoms with Crippen LogP contribution in [0.3, 0.4) is 0 Å². The Hall–Kier alpha value is -1.84. The van der Waals surface area contributed by atoms with Gasteiger partial charge in [-0.05, 0) is 25.5 Å².